The smallest absolute Gasteiger partial charge is 0.0946 e. The van der Waals surface area contributed by atoms with E-state index in [0.29, 0.717) is 0 Å². The molecule has 0 saturated carbocycles. The van der Waals surface area contributed by atoms with Crippen molar-refractivity contribution in [3.8, 4) is 0 Å². The van der Waals surface area contributed by atoms with Crippen LogP contribution in [0.3, 0.4) is 0 Å². The molecule has 0 rings (SSSR count). The summed E-state index contributed by atoms with van der Waals surface area (Å²) in [5, 5.41) is 12.0. The van der Waals surface area contributed by atoms with Crippen molar-refractivity contribution < 1.29 is 15.1 Å². The van der Waals surface area contributed by atoms with E-state index in [1.165, 1.54) is 0 Å². The average molecular weight is 112 g/mol. The van der Waals surface area contributed by atoms with Gasteiger partial charge in [-0.3, -0.25) is 10.5 Å². The predicted octanol–water partition coefficient (Wildman–Crippen LogP) is 0.0121. The molecule has 0 aromatic rings. The van der Waals surface area contributed by atoms with Gasteiger partial charge in [0.05, 0.1) is 12.5 Å². The summed E-state index contributed by atoms with van der Waals surface area (Å²) in [6, 6.07) is 0. The van der Waals surface area contributed by atoms with Gasteiger partial charge in [0, 0.05) is 0 Å². The van der Waals surface area contributed by atoms with E-state index in [2.05, 4.69) is 0 Å². The molecule has 0 spiro atoms. The molecule has 0 aliphatic heterocycles. The number of hydrogen-bond acceptors (Lipinski definition) is 3. The van der Waals surface area contributed by atoms with Crippen LogP contribution in [-0.4, -0.2) is 27.6 Å². The van der Waals surface area contributed by atoms with Crippen LogP contribution in [0.4, 0.5) is 0 Å². The lowest BCUT2D eigenvalue weighted by Crippen LogP contribution is -1.86. The average Bonchev–Trinajstić information content (AvgIpc) is 1.41. The molecule has 0 aliphatic carbocycles. The maximum Gasteiger partial charge on any atom is 0.0946 e. The molecule has 6 heavy (non-hydrogen) atoms. The zero-order valence-corrected chi connectivity index (χ0v) is 4.53. The van der Waals surface area contributed by atoms with Crippen molar-refractivity contribution in [1.29, 1.82) is 0 Å². The van der Waals surface area contributed by atoms with E-state index < -0.39 is 11.2 Å². The minimum Gasteiger partial charge on any atom is -0.617 e. The van der Waals surface area contributed by atoms with Crippen LogP contribution in [0.1, 0.15) is 0 Å². The summed E-state index contributed by atoms with van der Waals surface area (Å²) in [4.78, 5) is 0. The van der Waals surface area contributed by atoms with Crippen LogP contribution < -0.4 is 0 Å². The fourth-order valence-electron chi connectivity index (χ4n) is 0. The Morgan fingerprint density at radius 2 is 1.33 bits per heavy atom. The molecule has 0 fully saturated rings. The van der Waals surface area contributed by atoms with Crippen molar-refractivity contribution in [2.24, 2.45) is 0 Å². The number of rotatable bonds is 0. The lowest BCUT2D eigenvalue weighted by molar-refractivity contribution is -0.176. The third-order valence-corrected chi connectivity index (χ3v) is 0. The maximum absolute atomic E-state index is 9.56. The van der Waals surface area contributed by atoms with Gasteiger partial charge in [0.25, 0.3) is 0 Å². The summed E-state index contributed by atoms with van der Waals surface area (Å²) in [5.74, 6) is 0. The molecule has 0 amide bonds. The molecule has 3 nitrogen and oxygen atoms in total. The van der Waals surface area contributed by atoms with Crippen LogP contribution in [-0.2, 0) is 11.2 Å². The van der Waals surface area contributed by atoms with Crippen molar-refractivity contribution in [2.75, 3.05) is 12.5 Å². The van der Waals surface area contributed by atoms with Crippen molar-refractivity contribution >= 4 is 11.2 Å². The lowest BCUT2D eigenvalue weighted by Gasteiger charge is -1.87. The summed E-state index contributed by atoms with van der Waals surface area (Å²) in [6.07, 6.45) is 3.28. The van der Waals surface area contributed by atoms with Crippen LogP contribution >= 0.6 is 0 Å². The molecule has 0 atom stereocenters. The van der Waals surface area contributed by atoms with E-state index in [4.69, 9.17) is 10.5 Å². The zero-order valence-electron chi connectivity index (χ0n) is 3.71. The van der Waals surface area contributed by atoms with Crippen LogP contribution in [0.15, 0.2) is 0 Å². The summed E-state index contributed by atoms with van der Waals surface area (Å²) in [6.45, 7) is 0. The largest absolute Gasteiger partial charge is 0.617 e. The Morgan fingerprint density at radius 3 is 1.33 bits per heavy atom. The predicted molar refractivity (Wildman–Crippen MR) is 25.2 cm³/mol. The second-order valence-corrected chi connectivity index (χ2v) is 2.22. The van der Waals surface area contributed by atoms with E-state index in [1.54, 1.807) is 12.5 Å². The number of hydrogen-bond donors (Lipinski definition) is 2. The minimum atomic E-state index is -0.611. The molecule has 0 saturated heterocycles. The highest BCUT2D eigenvalue weighted by Crippen LogP contribution is 1.61. The van der Waals surface area contributed by atoms with E-state index in [0.717, 1.165) is 0 Å². The molecular formula is C2H8O3S. The Labute approximate surface area is 39.7 Å². The normalized spacial score (nSPS) is 7.00. The van der Waals surface area contributed by atoms with Crippen LogP contribution in [0.25, 0.3) is 0 Å². The van der Waals surface area contributed by atoms with E-state index in [9.17, 15) is 4.55 Å². The third kappa shape index (κ3) is 834. The lowest BCUT2D eigenvalue weighted by atomic mass is 11.9. The van der Waals surface area contributed by atoms with Crippen molar-refractivity contribution in [1.82, 2.24) is 0 Å². The molecule has 4 heteroatoms. The van der Waals surface area contributed by atoms with Crippen molar-refractivity contribution in [3.05, 3.63) is 0 Å². The first-order valence-electron chi connectivity index (χ1n) is 1.18. The van der Waals surface area contributed by atoms with Crippen LogP contribution in [0, 0.1) is 0 Å². The minimum absolute atomic E-state index is 0.611. The second kappa shape index (κ2) is 8.97. The molecule has 0 radical (unpaired) electrons. The monoisotopic (exact) mass is 112 g/mol. The highest BCUT2D eigenvalue weighted by atomic mass is 32.2. The molecule has 40 valence electrons. The van der Waals surface area contributed by atoms with Gasteiger partial charge < -0.3 is 4.55 Å². The van der Waals surface area contributed by atoms with Gasteiger partial charge in [-0.1, -0.05) is 11.2 Å². The first-order chi connectivity index (χ1) is 2.73. The fourth-order valence-corrected chi connectivity index (χ4v) is 0. The Morgan fingerprint density at radius 1 is 1.33 bits per heavy atom. The topological polar surface area (TPSA) is 63.5 Å². The summed E-state index contributed by atoms with van der Waals surface area (Å²) >= 11 is -0.611. The van der Waals surface area contributed by atoms with Gasteiger partial charge in [-0.25, -0.2) is 0 Å². The molecule has 0 aromatic carbocycles. The maximum atomic E-state index is 9.56. The summed E-state index contributed by atoms with van der Waals surface area (Å²) < 4.78 is 9.56. The van der Waals surface area contributed by atoms with E-state index in [1.807, 2.05) is 0 Å². The van der Waals surface area contributed by atoms with Gasteiger partial charge in [0.15, 0.2) is 0 Å². The highest BCUT2D eigenvalue weighted by molar-refractivity contribution is 7.89. The summed E-state index contributed by atoms with van der Waals surface area (Å²) in [5.41, 5.74) is 0. The Hall–Kier alpha value is 0.230. The van der Waals surface area contributed by atoms with Crippen molar-refractivity contribution in [3.63, 3.8) is 0 Å². The van der Waals surface area contributed by atoms with Gasteiger partial charge >= 0.3 is 0 Å². The molecule has 0 bridgehead atoms. The SMILES string of the molecule is C[S+](C)[O-].OO. The van der Waals surface area contributed by atoms with Crippen molar-refractivity contribution in [2.45, 2.75) is 0 Å². The standard InChI is InChI=1S/C2H6OS.H2O2/c1-4(2)3;1-2/h1-2H3;1-2H. The molecule has 0 unspecified atom stereocenters. The summed E-state index contributed by atoms with van der Waals surface area (Å²) in [7, 11) is 0. The van der Waals surface area contributed by atoms with Gasteiger partial charge in [0.1, 0.15) is 0 Å². The highest BCUT2D eigenvalue weighted by Gasteiger charge is 1.66. The Kier molecular flexibility index (Phi) is 14.2. The van der Waals surface area contributed by atoms with Gasteiger partial charge in [-0.05, 0) is 0 Å². The third-order valence-electron chi connectivity index (χ3n) is 0. The second-order valence-electron chi connectivity index (χ2n) is 0.742. The van der Waals surface area contributed by atoms with E-state index in [-0.39, 0.29) is 0 Å². The van der Waals surface area contributed by atoms with Gasteiger partial charge in [-0.15, -0.1) is 0 Å². The Balaban J connectivity index is 0. The Bertz CT molecular complexity index is 13.5. The molecule has 2 N–H and O–H groups in total. The van der Waals surface area contributed by atoms with Gasteiger partial charge in [-0.2, -0.15) is 0 Å². The fraction of sp³-hybridized carbons (Fsp3) is 1.00. The molecule has 0 aliphatic rings. The molecule has 0 heterocycles. The molecule has 0 aromatic heterocycles. The van der Waals surface area contributed by atoms with Crippen LogP contribution in [0.5, 0.6) is 0 Å². The van der Waals surface area contributed by atoms with Crippen LogP contribution in [0.2, 0.25) is 0 Å². The zero-order chi connectivity index (χ0) is 5.58. The van der Waals surface area contributed by atoms with Gasteiger partial charge in [0.2, 0.25) is 0 Å². The molecular weight excluding hydrogens is 104 g/mol. The van der Waals surface area contributed by atoms with E-state index >= 15 is 0 Å². The first-order valence-corrected chi connectivity index (χ1v) is 3.15. The first kappa shape index (κ1) is 9.52. The quantitative estimate of drug-likeness (QED) is 0.263.